The Labute approximate surface area is 173 Å². The van der Waals surface area contributed by atoms with E-state index < -0.39 is 0 Å². The van der Waals surface area contributed by atoms with Crippen LogP contribution in [0, 0.1) is 5.41 Å². The van der Waals surface area contributed by atoms with Crippen LogP contribution in [-0.4, -0.2) is 15.6 Å². The monoisotopic (exact) mass is 389 g/mol. The third kappa shape index (κ3) is 4.31. The fourth-order valence-electron chi connectivity index (χ4n) is 4.05. The lowest BCUT2D eigenvalue weighted by atomic mass is 9.76. The summed E-state index contributed by atoms with van der Waals surface area (Å²) < 4.78 is 6.26. The highest BCUT2D eigenvalue weighted by molar-refractivity contribution is 5.85. The van der Waals surface area contributed by atoms with Gasteiger partial charge in [-0.2, -0.15) is 0 Å². The summed E-state index contributed by atoms with van der Waals surface area (Å²) >= 11 is 0. The topological polar surface area (TPSA) is 49.9 Å². The minimum absolute atomic E-state index is 0.293. The molecule has 0 fully saturated rings. The number of hydrogen-bond acceptors (Lipinski definition) is 3. The molecule has 2 N–H and O–H groups in total. The van der Waals surface area contributed by atoms with Gasteiger partial charge in [0.25, 0.3) is 0 Å². The zero-order valence-electron chi connectivity index (χ0n) is 18.1. The van der Waals surface area contributed by atoms with Crippen LogP contribution in [-0.2, 0) is 12.8 Å². The van der Waals surface area contributed by atoms with Crippen molar-refractivity contribution in [2.45, 2.75) is 59.5 Å². The number of aromatic amines is 1. The lowest BCUT2D eigenvalue weighted by Crippen LogP contribution is -2.23. The summed E-state index contributed by atoms with van der Waals surface area (Å²) in [6.07, 6.45) is 6.95. The van der Waals surface area contributed by atoms with Crippen LogP contribution in [0.5, 0.6) is 5.75 Å². The third-order valence-corrected chi connectivity index (χ3v) is 5.41. The minimum atomic E-state index is -0.293. The van der Waals surface area contributed by atoms with Crippen LogP contribution < -0.4 is 10.1 Å². The van der Waals surface area contributed by atoms with Crippen LogP contribution >= 0.6 is 0 Å². The van der Waals surface area contributed by atoms with Gasteiger partial charge in [0.2, 0.25) is 0 Å². The molecular formula is C25H31N3O. The van der Waals surface area contributed by atoms with E-state index in [9.17, 15) is 0 Å². The molecule has 0 atom stereocenters. The Bertz CT molecular complexity index is 997. The van der Waals surface area contributed by atoms with Crippen molar-refractivity contribution in [3.63, 3.8) is 0 Å². The van der Waals surface area contributed by atoms with Gasteiger partial charge in [0, 0.05) is 23.1 Å². The second-order valence-corrected chi connectivity index (χ2v) is 9.75. The van der Waals surface area contributed by atoms with Crippen molar-refractivity contribution >= 4 is 11.4 Å². The number of hydrogen-bond donors (Lipinski definition) is 2. The Hall–Kier alpha value is -2.75. The molecule has 4 rings (SSSR count). The highest BCUT2D eigenvalue weighted by atomic mass is 16.5. The number of fused-ring (bicyclic) bond motifs is 1. The van der Waals surface area contributed by atoms with Crippen LogP contribution in [0.1, 0.15) is 52.3 Å². The van der Waals surface area contributed by atoms with Gasteiger partial charge in [-0.1, -0.05) is 32.0 Å². The smallest absolute Gasteiger partial charge is 0.147 e. The Balaban J connectivity index is 1.84. The van der Waals surface area contributed by atoms with Gasteiger partial charge in [0.15, 0.2) is 0 Å². The molecule has 2 heterocycles. The molecule has 2 aromatic heterocycles. The molecule has 0 spiro atoms. The zero-order valence-corrected chi connectivity index (χ0v) is 18.1. The number of para-hydroxylation sites is 1. The van der Waals surface area contributed by atoms with Gasteiger partial charge < -0.3 is 15.0 Å². The fraction of sp³-hybridized carbons (Fsp3) is 0.400. The maximum atomic E-state index is 6.26. The van der Waals surface area contributed by atoms with Gasteiger partial charge in [-0.15, -0.1) is 0 Å². The van der Waals surface area contributed by atoms with Crippen molar-refractivity contribution in [2.75, 3.05) is 5.32 Å². The van der Waals surface area contributed by atoms with Gasteiger partial charge in [-0.25, -0.2) is 0 Å². The maximum absolute atomic E-state index is 6.26. The summed E-state index contributed by atoms with van der Waals surface area (Å²) in [5.74, 6) is 0.800. The highest BCUT2D eigenvalue weighted by Crippen LogP contribution is 2.45. The summed E-state index contributed by atoms with van der Waals surface area (Å²) in [4.78, 5) is 8.06. The molecule has 152 valence electrons. The van der Waals surface area contributed by atoms with E-state index in [0.29, 0.717) is 5.41 Å². The van der Waals surface area contributed by atoms with Gasteiger partial charge >= 0.3 is 0 Å². The number of rotatable bonds is 4. The zero-order chi connectivity index (χ0) is 20.6. The average Bonchev–Trinajstić information content (AvgIpc) is 2.98. The number of pyridine rings is 1. The number of ether oxygens (including phenoxy) is 1. The van der Waals surface area contributed by atoms with Crippen molar-refractivity contribution in [3.05, 3.63) is 60.0 Å². The predicted octanol–water partition coefficient (Wildman–Crippen LogP) is 6.51. The average molecular weight is 390 g/mol. The first-order valence-corrected chi connectivity index (χ1v) is 10.4. The second kappa shape index (κ2) is 7.25. The first-order chi connectivity index (χ1) is 13.7. The standard InChI is InChI=1S/C25H31N3O/c1-24(2,3)29-21-16-26-14-12-19(21)23-22(27-17-9-7-6-8-10-17)18-11-13-25(4,5)15-20(18)28-23/h6-10,12,14,16,27-28H,11,13,15H2,1-5H3. The Kier molecular flexibility index (Phi) is 4.89. The number of anilines is 2. The van der Waals surface area contributed by atoms with Crippen molar-refractivity contribution in [2.24, 2.45) is 5.41 Å². The van der Waals surface area contributed by atoms with E-state index in [1.165, 1.54) is 17.7 Å². The molecule has 4 nitrogen and oxygen atoms in total. The fourth-order valence-corrected chi connectivity index (χ4v) is 4.05. The largest absolute Gasteiger partial charge is 0.486 e. The molecule has 0 radical (unpaired) electrons. The normalized spacial score (nSPS) is 15.6. The SMILES string of the molecule is CC1(C)CCc2c([nH]c(-c3ccncc3OC(C)(C)C)c2Nc2ccccc2)C1. The molecule has 0 saturated heterocycles. The second-order valence-electron chi connectivity index (χ2n) is 9.75. The van der Waals surface area contributed by atoms with E-state index in [1.54, 1.807) is 0 Å². The summed E-state index contributed by atoms with van der Waals surface area (Å²) in [5.41, 5.74) is 7.11. The van der Waals surface area contributed by atoms with E-state index in [-0.39, 0.29) is 5.60 Å². The van der Waals surface area contributed by atoms with Crippen molar-refractivity contribution < 1.29 is 4.74 Å². The third-order valence-electron chi connectivity index (χ3n) is 5.41. The molecule has 1 aliphatic carbocycles. The van der Waals surface area contributed by atoms with Gasteiger partial charge in [0.1, 0.15) is 11.4 Å². The Morgan fingerprint density at radius 2 is 1.86 bits per heavy atom. The van der Waals surface area contributed by atoms with Gasteiger partial charge in [-0.05, 0) is 69.2 Å². The number of H-pyrrole nitrogens is 1. The highest BCUT2D eigenvalue weighted by Gasteiger charge is 2.31. The molecule has 1 aromatic carbocycles. The molecule has 29 heavy (non-hydrogen) atoms. The van der Waals surface area contributed by atoms with E-state index >= 15 is 0 Å². The molecule has 0 bridgehead atoms. The summed E-state index contributed by atoms with van der Waals surface area (Å²) in [6.45, 7) is 10.9. The molecule has 4 heteroatoms. The number of aromatic nitrogens is 2. The van der Waals surface area contributed by atoms with Crippen molar-refractivity contribution in [3.8, 4) is 17.0 Å². The molecular weight excluding hydrogens is 358 g/mol. The molecule has 0 unspecified atom stereocenters. The summed E-state index contributed by atoms with van der Waals surface area (Å²) in [7, 11) is 0. The molecule has 0 amide bonds. The summed E-state index contributed by atoms with van der Waals surface area (Å²) in [6, 6.07) is 12.4. The lowest BCUT2D eigenvalue weighted by molar-refractivity contribution is 0.131. The number of benzene rings is 1. The number of nitrogens with one attached hydrogen (secondary N) is 2. The molecule has 0 saturated carbocycles. The van der Waals surface area contributed by atoms with Gasteiger partial charge in [-0.3, -0.25) is 4.98 Å². The molecule has 0 aliphatic heterocycles. The van der Waals surface area contributed by atoms with Gasteiger partial charge in [0.05, 0.1) is 17.6 Å². The van der Waals surface area contributed by atoms with Crippen LogP contribution in [0.3, 0.4) is 0 Å². The van der Waals surface area contributed by atoms with Crippen LogP contribution in [0.2, 0.25) is 0 Å². The van der Waals surface area contributed by atoms with E-state index in [2.05, 4.69) is 74.2 Å². The first kappa shape index (κ1) is 19.6. The Morgan fingerprint density at radius 3 is 2.59 bits per heavy atom. The van der Waals surface area contributed by atoms with E-state index in [1.807, 2.05) is 24.5 Å². The lowest BCUT2D eigenvalue weighted by Gasteiger charge is -2.29. The Morgan fingerprint density at radius 1 is 1.10 bits per heavy atom. The molecule has 3 aromatic rings. The van der Waals surface area contributed by atoms with Crippen LogP contribution in [0.25, 0.3) is 11.3 Å². The van der Waals surface area contributed by atoms with Crippen LogP contribution in [0.4, 0.5) is 11.4 Å². The predicted molar refractivity (Wildman–Crippen MR) is 120 cm³/mol. The quantitative estimate of drug-likeness (QED) is 0.534. The van der Waals surface area contributed by atoms with Crippen molar-refractivity contribution in [1.82, 2.24) is 9.97 Å². The van der Waals surface area contributed by atoms with E-state index in [0.717, 1.165) is 41.2 Å². The van der Waals surface area contributed by atoms with Crippen molar-refractivity contribution in [1.29, 1.82) is 0 Å². The van der Waals surface area contributed by atoms with Crippen LogP contribution in [0.15, 0.2) is 48.8 Å². The number of nitrogens with zero attached hydrogens (tertiary/aromatic N) is 1. The molecule has 1 aliphatic rings. The first-order valence-electron chi connectivity index (χ1n) is 10.4. The summed E-state index contributed by atoms with van der Waals surface area (Å²) in [5, 5.41) is 3.69. The van der Waals surface area contributed by atoms with E-state index in [4.69, 9.17) is 4.74 Å². The maximum Gasteiger partial charge on any atom is 0.147 e. The minimum Gasteiger partial charge on any atom is -0.486 e.